The van der Waals surface area contributed by atoms with Gasteiger partial charge in [-0.15, -0.1) is 0 Å². The van der Waals surface area contributed by atoms with E-state index in [9.17, 15) is 9.18 Å². The molecule has 1 amide bonds. The van der Waals surface area contributed by atoms with Crippen molar-refractivity contribution in [2.45, 2.75) is 38.5 Å². The Bertz CT molecular complexity index is 676. The molecule has 154 valence electrons. The summed E-state index contributed by atoms with van der Waals surface area (Å²) in [6, 6.07) is 4.91. The maximum absolute atomic E-state index is 14.4. The van der Waals surface area contributed by atoms with E-state index in [1.165, 1.54) is 25.3 Å². The molecule has 6 heteroatoms. The highest BCUT2D eigenvalue weighted by atomic mass is 19.1. The van der Waals surface area contributed by atoms with Crippen LogP contribution >= 0.6 is 0 Å². The van der Waals surface area contributed by atoms with E-state index in [2.05, 4.69) is 10.6 Å². The number of rotatable bonds is 7. The van der Waals surface area contributed by atoms with Crippen molar-refractivity contribution in [3.63, 3.8) is 0 Å². The molecule has 0 bridgehead atoms. The van der Waals surface area contributed by atoms with Gasteiger partial charge < -0.3 is 20.3 Å². The van der Waals surface area contributed by atoms with E-state index in [1.54, 1.807) is 12.1 Å². The van der Waals surface area contributed by atoms with Crippen molar-refractivity contribution in [3.05, 3.63) is 29.6 Å². The van der Waals surface area contributed by atoms with E-state index in [4.69, 9.17) is 4.74 Å². The number of nitrogens with zero attached hydrogens (tertiary/aromatic N) is 1. The molecule has 1 spiro atoms. The molecule has 5 nitrogen and oxygen atoms in total. The van der Waals surface area contributed by atoms with E-state index in [0.29, 0.717) is 17.9 Å². The van der Waals surface area contributed by atoms with Crippen molar-refractivity contribution in [1.82, 2.24) is 15.5 Å². The normalized spacial score (nSPS) is 21.7. The molecule has 0 atom stereocenters. The lowest BCUT2D eigenvalue weighted by atomic mass is 9.79. The standard InChI is InChI=1S/C22H32FN3O2/c23-20-13-19(28-11-1-2-17-5-8-24-9-6-17)4-3-18(20)12-21(27)26-15-22(16-26)7-10-25-14-22/h3-4,13,17,24-25H,1-2,5-12,14-16H2. The molecule has 0 radical (unpaired) electrons. The maximum atomic E-state index is 14.4. The lowest BCUT2D eigenvalue weighted by molar-refractivity contribution is -0.141. The summed E-state index contributed by atoms with van der Waals surface area (Å²) in [6.45, 7) is 6.49. The first kappa shape index (κ1) is 19.6. The van der Waals surface area contributed by atoms with E-state index < -0.39 is 0 Å². The van der Waals surface area contributed by atoms with Crippen molar-refractivity contribution in [2.75, 3.05) is 45.9 Å². The summed E-state index contributed by atoms with van der Waals surface area (Å²) in [6.07, 6.45) is 5.92. The number of ether oxygens (including phenoxy) is 1. The molecule has 3 heterocycles. The molecule has 0 aromatic heterocycles. The van der Waals surface area contributed by atoms with Crippen molar-refractivity contribution in [2.24, 2.45) is 11.3 Å². The van der Waals surface area contributed by atoms with Gasteiger partial charge in [-0.2, -0.15) is 0 Å². The van der Waals surface area contributed by atoms with Crippen LogP contribution in [0, 0.1) is 17.2 Å². The van der Waals surface area contributed by atoms with Gasteiger partial charge in [0.25, 0.3) is 0 Å². The quantitative estimate of drug-likeness (QED) is 0.703. The van der Waals surface area contributed by atoms with Crippen LogP contribution in [0.4, 0.5) is 4.39 Å². The van der Waals surface area contributed by atoms with Gasteiger partial charge in [-0.3, -0.25) is 4.79 Å². The molecule has 4 rings (SSSR count). The molecule has 0 saturated carbocycles. The first-order valence-corrected chi connectivity index (χ1v) is 10.7. The van der Waals surface area contributed by atoms with E-state index in [1.807, 2.05) is 4.90 Å². The van der Waals surface area contributed by atoms with E-state index in [-0.39, 0.29) is 23.6 Å². The van der Waals surface area contributed by atoms with Crippen molar-refractivity contribution in [1.29, 1.82) is 0 Å². The predicted octanol–water partition coefficient (Wildman–Crippen LogP) is 2.35. The van der Waals surface area contributed by atoms with Gasteiger partial charge in [0.05, 0.1) is 13.0 Å². The Balaban J connectivity index is 1.20. The number of nitrogens with one attached hydrogen (secondary N) is 2. The molecule has 1 aromatic carbocycles. The number of hydrogen-bond donors (Lipinski definition) is 2. The first-order valence-electron chi connectivity index (χ1n) is 10.7. The van der Waals surface area contributed by atoms with Crippen LogP contribution in [0.5, 0.6) is 5.75 Å². The molecule has 28 heavy (non-hydrogen) atoms. The van der Waals surface area contributed by atoms with Gasteiger partial charge in [0.1, 0.15) is 11.6 Å². The van der Waals surface area contributed by atoms with Gasteiger partial charge in [-0.25, -0.2) is 4.39 Å². The lowest BCUT2D eigenvalue weighted by Gasteiger charge is -2.47. The van der Waals surface area contributed by atoms with Crippen LogP contribution in [-0.4, -0.2) is 56.7 Å². The van der Waals surface area contributed by atoms with Crippen LogP contribution in [-0.2, 0) is 11.2 Å². The summed E-state index contributed by atoms with van der Waals surface area (Å²) >= 11 is 0. The highest BCUT2D eigenvalue weighted by molar-refractivity contribution is 5.80. The zero-order valence-corrected chi connectivity index (χ0v) is 16.6. The van der Waals surface area contributed by atoms with Crippen LogP contribution in [0.2, 0.25) is 0 Å². The van der Waals surface area contributed by atoms with E-state index in [0.717, 1.165) is 58.0 Å². The number of carbonyl (C=O) groups is 1. The Morgan fingerprint density at radius 3 is 2.75 bits per heavy atom. The first-order chi connectivity index (χ1) is 13.6. The second-order valence-electron chi connectivity index (χ2n) is 8.79. The zero-order valence-electron chi connectivity index (χ0n) is 16.6. The smallest absolute Gasteiger partial charge is 0.227 e. The molecular weight excluding hydrogens is 357 g/mol. The summed E-state index contributed by atoms with van der Waals surface area (Å²) in [4.78, 5) is 14.3. The molecule has 3 saturated heterocycles. The van der Waals surface area contributed by atoms with Gasteiger partial charge >= 0.3 is 0 Å². The van der Waals surface area contributed by atoms with Crippen LogP contribution in [0.3, 0.4) is 0 Å². The third-order valence-electron chi connectivity index (χ3n) is 6.59. The monoisotopic (exact) mass is 389 g/mol. The molecule has 2 N–H and O–H groups in total. The maximum Gasteiger partial charge on any atom is 0.227 e. The minimum Gasteiger partial charge on any atom is -0.493 e. The van der Waals surface area contributed by atoms with Gasteiger partial charge in [0.15, 0.2) is 0 Å². The minimum absolute atomic E-state index is 0.0204. The molecule has 0 aliphatic carbocycles. The third kappa shape index (κ3) is 4.66. The Labute approximate surface area is 167 Å². The Morgan fingerprint density at radius 2 is 2.04 bits per heavy atom. The Kier molecular flexibility index (Phi) is 6.16. The topological polar surface area (TPSA) is 53.6 Å². The summed E-state index contributed by atoms with van der Waals surface area (Å²) in [5, 5.41) is 6.74. The number of hydrogen-bond acceptors (Lipinski definition) is 4. The Morgan fingerprint density at radius 1 is 1.21 bits per heavy atom. The highest BCUT2D eigenvalue weighted by Gasteiger charge is 2.46. The van der Waals surface area contributed by atoms with Crippen LogP contribution in [0.15, 0.2) is 18.2 Å². The van der Waals surface area contributed by atoms with Crippen molar-refractivity contribution < 1.29 is 13.9 Å². The number of amides is 1. The molecule has 3 fully saturated rings. The molecular formula is C22H32FN3O2. The third-order valence-corrected chi connectivity index (χ3v) is 6.59. The number of carbonyl (C=O) groups excluding carboxylic acids is 1. The average molecular weight is 390 g/mol. The fourth-order valence-electron chi connectivity index (χ4n) is 4.77. The molecule has 1 aromatic rings. The largest absolute Gasteiger partial charge is 0.493 e. The number of likely N-dealkylation sites (tertiary alicyclic amines) is 1. The second-order valence-corrected chi connectivity index (χ2v) is 8.79. The average Bonchev–Trinajstić information content (AvgIpc) is 3.17. The highest BCUT2D eigenvalue weighted by Crippen LogP contribution is 2.36. The van der Waals surface area contributed by atoms with Gasteiger partial charge in [0.2, 0.25) is 5.91 Å². The lowest BCUT2D eigenvalue weighted by Crippen LogP contribution is -2.59. The summed E-state index contributed by atoms with van der Waals surface area (Å²) in [5.74, 6) is 1.02. The summed E-state index contributed by atoms with van der Waals surface area (Å²) in [5.41, 5.74) is 0.734. The summed E-state index contributed by atoms with van der Waals surface area (Å²) in [7, 11) is 0. The van der Waals surface area contributed by atoms with E-state index >= 15 is 0 Å². The predicted molar refractivity (Wildman–Crippen MR) is 107 cm³/mol. The van der Waals surface area contributed by atoms with Gasteiger partial charge in [-0.1, -0.05) is 6.07 Å². The molecule has 0 unspecified atom stereocenters. The number of halogens is 1. The van der Waals surface area contributed by atoms with Crippen LogP contribution in [0.1, 0.15) is 37.7 Å². The van der Waals surface area contributed by atoms with Gasteiger partial charge in [-0.05, 0) is 69.3 Å². The SMILES string of the molecule is O=C(Cc1ccc(OCCCC2CCNCC2)cc1F)N1CC2(CCNC2)C1. The van der Waals surface area contributed by atoms with Gasteiger partial charge in [0, 0.05) is 31.1 Å². The molecule has 3 aliphatic rings. The van der Waals surface area contributed by atoms with Crippen molar-refractivity contribution >= 4 is 5.91 Å². The fourth-order valence-corrected chi connectivity index (χ4v) is 4.77. The second kappa shape index (κ2) is 8.78. The molecule has 3 aliphatic heterocycles. The fraction of sp³-hybridized carbons (Fsp3) is 0.682. The van der Waals surface area contributed by atoms with Crippen LogP contribution < -0.4 is 15.4 Å². The summed E-state index contributed by atoms with van der Waals surface area (Å²) < 4.78 is 20.1. The number of piperidine rings is 1. The number of benzene rings is 1. The Hall–Kier alpha value is -1.66. The minimum atomic E-state index is -0.345. The van der Waals surface area contributed by atoms with Crippen LogP contribution in [0.25, 0.3) is 0 Å². The zero-order chi connectivity index (χ0) is 19.4. The van der Waals surface area contributed by atoms with Crippen molar-refractivity contribution in [3.8, 4) is 5.75 Å².